The first-order valence-corrected chi connectivity index (χ1v) is 8.74. The van der Waals surface area contributed by atoms with Gasteiger partial charge >= 0.3 is 0 Å². The number of rotatable bonds is 3. The summed E-state index contributed by atoms with van der Waals surface area (Å²) in [7, 11) is 0. The van der Waals surface area contributed by atoms with Gasteiger partial charge in [-0.15, -0.1) is 0 Å². The van der Waals surface area contributed by atoms with Crippen LogP contribution in [0.15, 0.2) is 36.4 Å². The zero-order valence-corrected chi connectivity index (χ0v) is 15.5. The summed E-state index contributed by atoms with van der Waals surface area (Å²) in [5, 5.41) is 3.62. The molecule has 0 aromatic heterocycles. The number of amides is 2. The van der Waals surface area contributed by atoms with E-state index in [0.717, 1.165) is 16.8 Å². The Balaban J connectivity index is 1.75. The van der Waals surface area contributed by atoms with Crippen molar-refractivity contribution in [1.82, 2.24) is 0 Å². The molecular weight excluding hydrogens is 359 g/mol. The highest BCUT2D eigenvalue weighted by atomic mass is 35.5. The number of anilines is 2. The SMILES string of the molecule is Cc1cc(C)cc(NC(=O)C2CC(=O)N(c3cccc(Cl)c3Cl)C2)c1. The highest BCUT2D eigenvalue weighted by molar-refractivity contribution is 6.44. The Kier molecular flexibility index (Phi) is 5.02. The molecule has 1 unspecified atom stereocenters. The molecule has 2 amide bonds. The van der Waals surface area contributed by atoms with Crippen molar-refractivity contribution in [3.05, 3.63) is 57.6 Å². The van der Waals surface area contributed by atoms with Crippen LogP contribution in [0.2, 0.25) is 10.0 Å². The molecule has 4 nitrogen and oxygen atoms in total. The summed E-state index contributed by atoms with van der Waals surface area (Å²) in [6.45, 7) is 4.24. The largest absolute Gasteiger partial charge is 0.326 e. The Morgan fingerprint density at radius 2 is 1.84 bits per heavy atom. The van der Waals surface area contributed by atoms with Gasteiger partial charge in [0.15, 0.2) is 0 Å². The summed E-state index contributed by atoms with van der Waals surface area (Å²) in [6.07, 6.45) is 0.152. The van der Waals surface area contributed by atoms with E-state index >= 15 is 0 Å². The zero-order chi connectivity index (χ0) is 18.1. The van der Waals surface area contributed by atoms with Crippen molar-refractivity contribution in [3.63, 3.8) is 0 Å². The first kappa shape index (κ1) is 17.8. The second kappa shape index (κ2) is 7.06. The van der Waals surface area contributed by atoms with E-state index in [9.17, 15) is 9.59 Å². The average Bonchev–Trinajstić information content (AvgIpc) is 2.91. The Morgan fingerprint density at radius 3 is 2.52 bits per heavy atom. The molecule has 6 heteroatoms. The van der Waals surface area contributed by atoms with Crippen LogP contribution in [0.1, 0.15) is 17.5 Å². The molecule has 130 valence electrons. The van der Waals surface area contributed by atoms with Crippen molar-refractivity contribution >= 4 is 46.4 Å². The minimum atomic E-state index is -0.427. The van der Waals surface area contributed by atoms with Gasteiger partial charge in [0.2, 0.25) is 11.8 Å². The molecule has 1 aliphatic heterocycles. The predicted molar refractivity (Wildman–Crippen MR) is 101 cm³/mol. The smallest absolute Gasteiger partial charge is 0.229 e. The van der Waals surface area contributed by atoms with Crippen LogP contribution < -0.4 is 10.2 Å². The molecule has 0 saturated carbocycles. The summed E-state index contributed by atoms with van der Waals surface area (Å²) >= 11 is 12.2. The first-order chi connectivity index (χ1) is 11.8. The maximum atomic E-state index is 12.6. The van der Waals surface area contributed by atoms with Gasteiger partial charge in [-0.25, -0.2) is 0 Å². The summed E-state index contributed by atoms with van der Waals surface area (Å²) in [5.41, 5.74) is 3.44. The Bertz CT molecular complexity index is 831. The van der Waals surface area contributed by atoms with Crippen LogP contribution in [0.3, 0.4) is 0 Å². The summed E-state index contributed by atoms with van der Waals surface area (Å²) in [6, 6.07) is 11.0. The molecule has 1 saturated heterocycles. The molecule has 0 aliphatic carbocycles. The van der Waals surface area contributed by atoms with Crippen LogP contribution in [-0.2, 0) is 9.59 Å². The summed E-state index contributed by atoms with van der Waals surface area (Å²) in [5.74, 6) is -0.730. The van der Waals surface area contributed by atoms with E-state index in [1.807, 2.05) is 32.0 Å². The number of nitrogens with zero attached hydrogens (tertiary/aromatic N) is 1. The highest BCUT2D eigenvalue weighted by Crippen LogP contribution is 2.35. The second-order valence-electron chi connectivity index (χ2n) is 6.34. The van der Waals surface area contributed by atoms with Gasteiger partial charge in [0.05, 0.1) is 21.7 Å². The van der Waals surface area contributed by atoms with Gasteiger partial charge in [-0.1, -0.05) is 35.3 Å². The second-order valence-corrected chi connectivity index (χ2v) is 7.13. The number of hydrogen-bond acceptors (Lipinski definition) is 2. The Morgan fingerprint density at radius 1 is 1.16 bits per heavy atom. The zero-order valence-electron chi connectivity index (χ0n) is 14.0. The van der Waals surface area contributed by atoms with Gasteiger partial charge < -0.3 is 10.2 Å². The topological polar surface area (TPSA) is 49.4 Å². The minimum Gasteiger partial charge on any atom is -0.326 e. The summed E-state index contributed by atoms with van der Waals surface area (Å²) < 4.78 is 0. The van der Waals surface area contributed by atoms with E-state index in [4.69, 9.17) is 23.2 Å². The molecule has 0 bridgehead atoms. The van der Waals surface area contributed by atoms with E-state index in [0.29, 0.717) is 15.7 Å². The fraction of sp³-hybridized carbons (Fsp3) is 0.263. The van der Waals surface area contributed by atoms with Gasteiger partial charge in [-0.2, -0.15) is 0 Å². The number of carbonyl (C=O) groups is 2. The van der Waals surface area contributed by atoms with Crippen molar-refractivity contribution in [1.29, 1.82) is 0 Å². The lowest BCUT2D eigenvalue weighted by molar-refractivity contribution is -0.122. The monoisotopic (exact) mass is 376 g/mol. The van der Waals surface area contributed by atoms with Gasteiger partial charge in [-0.05, 0) is 49.2 Å². The molecule has 1 N–H and O–H groups in total. The van der Waals surface area contributed by atoms with Crippen LogP contribution >= 0.6 is 23.2 Å². The maximum Gasteiger partial charge on any atom is 0.229 e. The van der Waals surface area contributed by atoms with E-state index in [2.05, 4.69) is 5.32 Å². The molecule has 1 aliphatic rings. The van der Waals surface area contributed by atoms with Crippen molar-refractivity contribution in [3.8, 4) is 0 Å². The lowest BCUT2D eigenvalue weighted by Crippen LogP contribution is -2.28. The Labute approximate surface area is 156 Å². The van der Waals surface area contributed by atoms with E-state index in [-0.39, 0.29) is 24.8 Å². The van der Waals surface area contributed by atoms with Gasteiger partial charge in [-0.3, -0.25) is 9.59 Å². The standard InChI is InChI=1S/C19H18Cl2N2O2/c1-11-6-12(2)8-14(7-11)22-19(25)13-9-17(24)23(10-13)16-5-3-4-15(20)18(16)21/h3-8,13H,9-10H2,1-2H3,(H,22,25). The fourth-order valence-corrected chi connectivity index (χ4v) is 3.51. The molecule has 2 aromatic carbocycles. The van der Waals surface area contributed by atoms with Crippen molar-refractivity contribution in [2.24, 2.45) is 5.92 Å². The lowest BCUT2D eigenvalue weighted by atomic mass is 10.1. The third kappa shape index (κ3) is 3.80. The normalized spacial score (nSPS) is 17.0. The van der Waals surface area contributed by atoms with Crippen LogP contribution in [0.5, 0.6) is 0 Å². The van der Waals surface area contributed by atoms with Crippen LogP contribution in [0.25, 0.3) is 0 Å². The third-order valence-electron chi connectivity index (χ3n) is 4.21. The number of halogens is 2. The minimum absolute atomic E-state index is 0.135. The molecule has 0 radical (unpaired) electrons. The van der Waals surface area contributed by atoms with Gasteiger partial charge in [0.25, 0.3) is 0 Å². The predicted octanol–water partition coefficient (Wildman–Crippen LogP) is 4.60. The summed E-state index contributed by atoms with van der Waals surface area (Å²) in [4.78, 5) is 26.4. The molecule has 2 aromatic rings. The van der Waals surface area contributed by atoms with E-state index < -0.39 is 5.92 Å². The van der Waals surface area contributed by atoms with Gasteiger partial charge in [0.1, 0.15) is 0 Å². The third-order valence-corrected chi connectivity index (χ3v) is 5.02. The fourth-order valence-electron chi connectivity index (χ4n) is 3.11. The van der Waals surface area contributed by atoms with Crippen molar-refractivity contribution in [2.75, 3.05) is 16.8 Å². The molecule has 1 atom stereocenters. The number of hydrogen-bond donors (Lipinski definition) is 1. The lowest BCUT2D eigenvalue weighted by Gasteiger charge is -2.18. The van der Waals surface area contributed by atoms with E-state index in [1.54, 1.807) is 18.2 Å². The van der Waals surface area contributed by atoms with Crippen molar-refractivity contribution < 1.29 is 9.59 Å². The van der Waals surface area contributed by atoms with Crippen LogP contribution in [-0.4, -0.2) is 18.4 Å². The Hall–Kier alpha value is -2.04. The van der Waals surface area contributed by atoms with Gasteiger partial charge in [0, 0.05) is 18.7 Å². The molecule has 25 heavy (non-hydrogen) atoms. The number of nitrogens with one attached hydrogen (secondary N) is 1. The van der Waals surface area contributed by atoms with Crippen LogP contribution in [0, 0.1) is 19.8 Å². The maximum absolute atomic E-state index is 12.6. The molecule has 0 spiro atoms. The highest BCUT2D eigenvalue weighted by Gasteiger charge is 2.36. The number of carbonyl (C=O) groups excluding carboxylic acids is 2. The molecule has 1 heterocycles. The molecule has 3 rings (SSSR count). The number of aryl methyl sites for hydroxylation is 2. The van der Waals surface area contributed by atoms with Crippen molar-refractivity contribution in [2.45, 2.75) is 20.3 Å². The molecular formula is C19H18Cl2N2O2. The first-order valence-electron chi connectivity index (χ1n) is 7.98. The van der Waals surface area contributed by atoms with Crippen LogP contribution in [0.4, 0.5) is 11.4 Å². The van der Waals surface area contributed by atoms with E-state index in [1.165, 1.54) is 4.90 Å². The molecule has 1 fully saturated rings. The quantitative estimate of drug-likeness (QED) is 0.850. The number of benzene rings is 2. The average molecular weight is 377 g/mol.